The summed E-state index contributed by atoms with van der Waals surface area (Å²) >= 11 is 0. The van der Waals surface area contributed by atoms with Gasteiger partial charge >= 0.3 is 5.97 Å². The second-order valence-corrected chi connectivity index (χ2v) is 8.03. The van der Waals surface area contributed by atoms with E-state index in [1.807, 2.05) is 0 Å². The highest BCUT2D eigenvalue weighted by Crippen LogP contribution is 2.23. The summed E-state index contributed by atoms with van der Waals surface area (Å²) in [5.41, 5.74) is 5.07. The standard InChI is InChI=1S/C20H34N4O11/c1-8(17(29)24-11(19(31)33-4)5-6-13(21)27)22-18(30)9(2)34-16-14(23-10(3)26)20(32)35-12(7-25)15(16)28/h8-9,11-12,14-16,20,25,28,32H,5-7H2,1-4H3,(H2,21,27)(H,22,30)(H,23,26)(H,24,29)/t8-,9+,11+,12+,14+,15+,16+,20?/m0/s1. The maximum Gasteiger partial charge on any atom is 0.328 e. The lowest BCUT2D eigenvalue weighted by Gasteiger charge is -2.43. The molecule has 0 aromatic heterocycles. The van der Waals surface area contributed by atoms with Gasteiger partial charge in [-0.1, -0.05) is 0 Å². The Labute approximate surface area is 201 Å². The van der Waals surface area contributed by atoms with E-state index in [1.54, 1.807) is 0 Å². The third-order valence-electron chi connectivity index (χ3n) is 5.21. The van der Waals surface area contributed by atoms with Crippen LogP contribution in [0.2, 0.25) is 0 Å². The predicted molar refractivity (Wildman–Crippen MR) is 116 cm³/mol. The molecule has 35 heavy (non-hydrogen) atoms. The number of nitrogens with one attached hydrogen (secondary N) is 3. The number of amides is 4. The topological polar surface area (TPSA) is 236 Å². The SMILES string of the molecule is COC(=O)[C@@H](CCC(N)=O)NC(=O)[C@H](C)NC(=O)[C@@H](C)O[C@H]1[C@H](O)[C@@H](CO)OC(O)[C@@H]1NC(C)=O. The van der Waals surface area contributed by atoms with Crippen molar-refractivity contribution in [3.8, 4) is 0 Å². The molecular formula is C20H34N4O11. The number of aliphatic hydroxyl groups excluding tert-OH is 3. The van der Waals surface area contributed by atoms with Crippen molar-refractivity contribution in [1.29, 1.82) is 0 Å². The molecule has 0 radical (unpaired) electrons. The molecule has 1 saturated heterocycles. The number of rotatable bonds is 12. The van der Waals surface area contributed by atoms with E-state index in [9.17, 15) is 39.3 Å². The molecule has 1 unspecified atom stereocenters. The van der Waals surface area contributed by atoms with E-state index in [4.69, 9.17) is 15.2 Å². The fourth-order valence-corrected chi connectivity index (χ4v) is 3.30. The maximum atomic E-state index is 12.6. The molecule has 4 amide bonds. The molecule has 1 fully saturated rings. The number of hydrogen-bond donors (Lipinski definition) is 7. The van der Waals surface area contributed by atoms with E-state index in [0.29, 0.717) is 0 Å². The van der Waals surface area contributed by atoms with Crippen LogP contribution in [0.1, 0.15) is 33.6 Å². The number of carbonyl (C=O) groups is 5. The summed E-state index contributed by atoms with van der Waals surface area (Å²) in [4.78, 5) is 59.4. The summed E-state index contributed by atoms with van der Waals surface area (Å²) in [6.07, 6.45) is -7.32. The average molecular weight is 507 g/mol. The Morgan fingerprint density at radius 1 is 1.09 bits per heavy atom. The quantitative estimate of drug-likeness (QED) is 0.125. The second-order valence-electron chi connectivity index (χ2n) is 8.03. The highest BCUT2D eigenvalue weighted by molar-refractivity contribution is 5.91. The second kappa shape index (κ2) is 13.9. The molecule has 0 aliphatic carbocycles. The van der Waals surface area contributed by atoms with Crippen molar-refractivity contribution in [3.05, 3.63) is 0 Å². The summed E-state index contributed by atoms with van der Waals surface area (Å²) in [6, 6.07) is -3.58. The van der Waals surface area contributed by atoms with Crippen molar-refractivity contribution in [3.63, 3.8) is 0 Å². The number of aliphatic hydroxyl groups is 3. The number of ether oxygens (including phenoxy) is 3. The van der Waals surface area contributed by atoms with Gasteiger partial charge in [-0.3, -0.25) is 19.2 Å². The third-order valence-corrected chi connectivity index (χ3v) is 5.21. The summed E-state index contributed by atoms with van der Waals surface area (Å²) < 4.78 is 15.2. The number of carbonyl (C=O) groups excluding carboxylic acids is 5. The number of nitrogens with two attached hydrogens (primary N) is 1. The van der Waals surface area contributed by atoms with Crippen LogP contribution in [0, 0.1) is 0 Å². The molecule has 0 spiro atoms. The van der Waals surface area contributed by atoms with E-state index >= 15 is 0 Å². The van der Waals surface area contributed by atoms with Gasteiger partial charge in [0.2, 0.25) is 23.6 Å². The monoisotopic (exact) mass is 506 g/mol. The normalized spacial score (nSPS) is 26.5. The highest BCUT2D eigenvalue weighted by Gasteiger charge is 2.47. The van der Waals surface area contributed by atoms with Crippen molar-refractivity contribution < 1.29 is 53.5 Å². The smallest absolute Gasteiger partial charge is 0.328 e. The Morgan fingerprint density at radius 3 is 2.23 bits per heavy atom. The van der Waals surface area contributed by atoms with E-state index in [2.05, 4.69) is 20.7 Å². The lowest BCUT2D eigenvalue weighted by atomic mass is 9.96. The summed E-state index contributed by atoms with van der Waals surface area (Å²) in [6.45, 7) is 3.13. The van der Waals surface area contributed by atoms with E-state index in [0.717, 1.165) is 14.0 Å². The fourth-order valence-electron chi connectivity index (χ4n) is 3.30. The van der Waals surface area contributed by atoms with Gasteiger partial charge in [0.05, 0.1) is 13.7 Å². The van der Waals surface area contributed by atoms with Crippen molar-refractivity contribution in [2.75, 3.05) is 13.7 Å². The molecular weight excluding hydrogens is 472 g/mol. The number of primary amides is 1. The van der Waals surface area contributed by atoms with E-state index < -0.39 is 85.0 Å². The van der Waals surface area contributed by atoms with E-state index in [1.165, 1.54) is 13.8 Å². The van der Waals surface area contributed by atoms with Gasteiger partial charge in [-0.15, -0.1) is 0 Å². The summed E-state index contributed by atoms with van der Waals surface area (Å²) in [5.74, 6) is -3.61. The van der Waals surface area contributed by atoms with Gasteiger partial charge in [-0.2, -0.15) is 0 Å². The predicted octanol–water partition coefficient (Wildman–Crippen LogP) is -4.24. The van der Waals surface area contributed by atoms with Crippen molar-refractivity contribution >= 4 is 29.6 Å². The Bertz CT molecular complexity index is 780. The molecule has 0 aromatic rings. The lowest BCUT2D eigenvalue weighted by Crippen LogP contribution is -2.65. The first-order chi connectivity index (χ1) is 16.3. The fraction of sp³-hybridized carbons (Fsp3) is 0.750. The van der Waals surface area contributed by atoms with Crippen molar-refractivity contribution in [2.24, 2.45) is 5.73 Å². The van der Waals surface area contributed by atoms with E-state index in [-0.39, 0.29) is 12.8 Å². The Balaban J connectivity index is 2.82. The number of hydrogen-bond acceptors (Lipinski definition) is 11. The number of esters is 1. The van der Waals surface area contributed by atoms with Crippen LogP contribution < -0.4 is 21.7 Å². The Morgan fingerprint density at radius 2 is 1.71 bits per heavy atom. The molecule has 200 valence electrons. The van der Waals surface area contributed by atoms with Gasteiger partial charge in [-0.05, 0) is 20.3 Å². The zero-order valence-corrected chi connectivity index (χ0v) is 19.9. The van der Waals surface area contributed by atoms with Crippen LogP contribution in [0.3, 0.4) is 0 Å². The minimum Gasteiger partial charge on any atom is -0.467 e. The molecule has 1 heterocycles. The number of methoxy groups -OCH3 is 1. The van der Waals surface area contributed by atoms with Crippen LogP contribution >= 0.6 is 0 Å². The molecule has 15 heteroatoms. The zero-order valence-electron chi connectivity index (χ0n) is 19.9. The minimum atomic E-state index is -1.64. The largest absolute Gasteiger partial charge is 0.467 e. The van der Waals surface area contributed by atoms with Crippen LogP contribution in [0.5, 0.6) is 0 Å². The average Bonchev–Trinajstić information content (AvgIpc) is 2.79. The van der Waals surface area contributed by atoms with Crippen LogP contribution in [0.25, 0.3) is 0 Å². The minimum absolute atomic E-state index is 0.103. The van der Waals surface area contributed by atoms with Gasteiger partial charge in [0.15, 0.2) is 6.29 Å². The molecule has 1 rings (SSSR count). The molecule has 0 bridgehead atoms. The summed E-state index contributed by atoms with van der Waals surface area (Å²) in [7, 11) is 1.10. The first-order valence-corrected chi connectivity index (χ1v) is 10.8. The molecule has 0 aromatic carbocycles. The van der Waals surface area contributed by atoms with Gasteiger partial charge in [0.1, 0.15) is 42.5 Å². The van der Waals surface area contributed by atoms with Gasteiger partial charge in [0.25, 0.3) is 0 Å². The first kappa shape index (κ1) is 30.2. The van der Waals surface area contributed by atoms with Crippen LogP contribution in [-0.2, 0) is 38.2 Å². The molecule has 1 aliphatic rings. The van der Waals surface area contributed by atoms with Crippen LogP contribution in [0.15, 0.2) is 0 Å². The zero-order chi connectivity index (χ0) is 26.9. The van der Waals surface area contributed by atoms with Crippen LogP contribution in [-0.4, -0.2) is 107 Å². The molecule has 8 N–H and O–H groups in total. The molecule has 0 saturated carbocycles. The first-order valence-electron chi connectivity index (χ1n) is 10.8. The third kappa shape index (κ3) is 9.03. The van der Waals surface area contributed by atoms with Gasteiger partial charge < -0.3 is 51.2 Å². The molecule has 1 aliphatic heterocycles. The lowest BCUT2D eigenvalue weighted by molar-refractivity contribution is -0.266. The highest BCUT2D eigenvalue weighted by atomic mass is 16.6. The maximum absolute atomic E-state index is 12.6. The summed E-state index contributed by atoms with van der Waals surface area (Å²) in [5, 5.41) is 37.1. The van der Waals surface area contributed by atoms with Crippen LogP contribution in [0.4, 0.5) is 0 Å². The van der Waals surface area contributed by atoms with Gasteiger partial charge in [-0.25, -0.2) is 4.79 Å². The molecule has 15 nitrogen and oxygen atoms in total. The Kier molecular flexibility index (Phi) is 12.0. The van der Waals surface area contributed by atoms with Gasteiger partial charge in [0, 0.05) is 13.3 Å². The van der Waals surface area contributed by atoms with Crippen molar-refractivity contribution in [1.82, 2.24) is 16.0 Å². The molecule has 8 atom stereocenters. The Hall–Kier alpha value is -2.85. The van der Waals surface area contributed by atoms with Crippen molar-refractivity contribution in [2.45, 2.75) is 82.4 Å².